The molecule has 2 aromatic carbocycles. The first kappa shape index (κ1) is 19.3. The molecule has 5 rings (SSSR count). The van der Waals surface area contributed by atoms with Crippen LogP contribution in [-0.4, -0.2) is 21.6 Å². The summed E-state index contributed by atoms with van der Waals surface area (Å²) in [7, 11) is 0. The number of thiophene rings is 1. The molecule has 2 N–H and O–H groups in total. The second kappa shape index (κ2) is 8.24. The Balaban J connectivity index is 1.26. The number of aromatic amines is 1. The van der Waals surface area contributed by atoms with Crippen LogP contribution in [-0.2, 0) is 23.4 Å². The number of amides is 1. The van der Waals surface area contributed by atoms with Crippen molar-refractivity contribution in [2.45, 2.75) is 31.4 Å². The van der Waals surface area contributed by atoms with Gasteiger partial charge in [-0.2, -0.15) is 0 Å². The lowest BCUT2D eigenvalue weighted by atomic mass is 9.97. The number of anilines is 1. The molecule has 0 bridgehead atoms. The van der Waals surface area contributed by atoms with E-state index in [1.54, 1.807) is 11.3 Å². The van der Waals surface area contributed by atoms with Gasteiger partial charge < -0.3 is 10.3 Å². The molecule has 0 spiro atoms. The Morgan fingerprint density at radius 3 is 2.90 bits per heavy atom. The Labute approximate surface area is 181 Å². The van der Waals surface area contributed by atoms with Gasteiger partial charge in [-0.05, 0) is 42.7 Å². The minimum Gasteiger partial charge on any atom is -0.325 e. The summed E-state index contributed by atoms with van der Waals surface area (Å²) in [6.07, 6.45) is 4.35. The van der Waals surface area contributed by atoms with E-state index in [9.17, 15) is 9.59 Å². The zero-order valence-corrected chi connectivity index (χ0v) is 18.0. The van der Waals surface area contributed by atoms with E-state index >= 15 is 0 Å². The largest absolute Gasteiger partial charge is 0.325 e. The van der Waals surface area contributed by atoms with Crippen molar-refractivity contribution in [3.8, 4) is 0 Å². The number of aryl methyl sites for hydroxylation is 2. The molecule has 0 fully saturated rings. The van der Waals surface area contributed by atoms with E-state index in [1.165, 1.54) is 28.6 Å². The molecule has 5 nitrogen and oxygen atoms in total. The van der Waals surface area contributed by atoms with E-state index in [4.69, 9.17) is 0 Å². The third kappa shape index (κ3) is 3.75. The lowest BCUT2D eigenvalue weighted by Crippen LogP contribution is -2.15. The molecule has 0 unspecified atom stereocenters. The van der Waals surface area contributed by atoms with Gasteiger partial charge in [0.2, 0.25) is 5.91 Å². The minimum absolute atomic E-state index is 0.0461. The van der Waals surface area contributed by atoms with Gasteiger partial charge in [0, 0.05) is 16.0 Å². The van der Waals surface area contributed by atoms with Crippen LogP contribution >= 0.6 is 23.1 Å². The number of fused-ring (bicyclic) bond motifs is 4. The highest BCUT2D eigenvalue weighted by Crippen LogP contribution is 2.33. The molecule has 1 amide bonds. The molecule has 2 aromatic heterocycles. The zero-order valence-electron chi connectivity index (χ0n) is 16.4. The van der Waals surface area contributed by atoms with Crippen molar-refractivity contribution < 1.29 is 4.79 Å². The highest BCUT2D eigenvalue weighted by Gasteiger charge is 2.19. The van der Waals surface area contributed by atoms with Gasteiger partial charge in [-0.1, -0.05) is 36.4 Å². The summed E-state index contributed by atoms with van der Waals surface area (Å²) in [5.41, 5.74) is 1.97. The summed E-state index contributed by atoms with van der Waals surface area (Å²) < 4.78 is 0. The average molecular weight is 436 g/mol. The SMILES string of the molecule is O=C(CSCc1nc2sc3c(c2c(=O)[nH]1)CCCC3)Nc1cccc2ccccc12. The van der Waals surface area contributed by atoms with E-state index in [0.717, 1.165) is 45.9 Å². The Morgan fingerprint density at radius 1 is 1.13 bits per heavy atom. The predicted molar refractivity (Wildman–Crippen MR) is 126 cm³/mol. The normalized spacial score (nSPS) is 13.5. The molecule has 4 aromatic rings. The molecule has 0 atom stereocenters. The fourth-order valence-electron chi connectivity index (χ4n) is 4.04. The standard InChI is InChI=1S/C23H21N3O2S2/c27-20(24-17-10-5-7-14-6-1-2-8-15(14)17)13-29-12-19-25-22(28)21-16-9-3-4-11-18(16)30-23(21)26-19/h1-2,5-8,10H,3-4,9,11-13H2,(H,24,27)(H,25,26,28). The number of thioether (sulfide) groups is 1. The molecule has 7 heteroatoms. The topological polar surface area (TPSA) is 74.8 Å². The summed E-state index contributed by atoms with van der Waals surface area (Å²) in [6, 6.07) is 13.9. The maximum atomic E-state index is 12.6. The first-order valence-electron chi connectivity index (χ1n) is 10.1. The van der Waals surface area contributed by atoms with Crippen LogP contribution in [0.25, 0.3) is 21.0 Å². The maximum absolute atomic E-state index is 12.6. The number of carbonyl (C=O) groups excluding carboxylic acids is 1. The fourth-order valence-corrected chi connectivity index (χ4v) is 6.01. The molecule has 152 valence electrons. The van der Waals surface area contributed by atoms with Gasteiger partial charge in [0.15, 0.2) is 0 Å². The van der Waals surface area contributed by atoms with Gasteiger partial charge in [0.25, 0.3) is 5.56 Å². The van der Waals surface area contributed by atoms with Gasteiger partial charge >= 0.3 is 0 Å². The predicted octanol–water partition coefficient (Wildman–Crippen LogP) is 4.89. The van der Waals surface area contributed by atoms with Crippen LogP contribution in [0.3, 0.4) is 0 Å². The van der Waals surface area contributed by atoms with Crippen LogP contribution in [0.2, 0.25) is 0 Å². The van der Waals surface area contributed by atoms with Crippen LogP contribution in [0.15, 0.2) is 47.3 Å². The summed E-state index contributed by atoms with van der Waals surface area (Å²) in [4.78, 5) is 34.8. The molecule has 0 aliphatic heterocycles. The third-order valence-corrected chi connectivity index (χ3v) is 7.54. The second-order valence-corrected chi connectivity index (χ2v) is 9.54. The zero-order chi connectivity index (χ0) is 20.5. The van der Waals surface area contributed by atoms with Crippen molar-refractivity contribution in [1.29, 1.82) is 0 Å². The van der Waals surface area contributed by atoms with E-state index in [2.05, 4.69) is 15.3 Å². The van der Waals surface area contributed by atoms with Crippen molar-refractivity contribution >= 4 is 55.7 Å². The lowest BCUT2D eigenvalue weighted by Gasteiger charge is -2.09. The van der Waals surface area contributed by atoms with Crippen LogP contribution < -0.4 is 10.9 Å². The van der Waals surface area contributed by atoms with Gasteiger partial charge in [-0.25, -0.2) is 4.98 Å². The number of carbonyl (C=O) groups is 1. The number of hydrogen-bond acceptors (Lipinski definition) is 5. The second-order valence-electron chi connectivity index (χ2n) is 7.47. The molecule has 0 radical (unpaired) electrons. The van der Waals surface area contributed by atoms with Gasteiger partial charge in [0.1, 0.15) is 10.7 Å². The molecule has 0 saturated carbocycles. The van der Waals surface area contributed by atoms with Crippen LogP contribution in [0.5, 0.6) is 0 Å². The van der Waals surface area contributed by atoms with Crippen molar-refractivity contribution in [1.82, 2.24) is 9.97 Å². The summed E-state index contributed by atoms with van der Waals surface area (Å²) in [6.45, 7) is 0. The number of nitrogens with one attached hydrogen (secondary N) is 2. The van der Waals surface area contributed by atoms with Gasteiger partial charge in [0.05, 0.1) is 16.9 Å². The fraction of sp³-hybridized carbons (Fsp3) is 0.261. The number of H-pyrrole nitrogens is 1. The maximum Gasteiger partial charge on any atom is 0.259 e. The van der Waals surface area contributed by atoms with Crippen molar-refractivity contribution in [3.63, 3.8) is 0 Å². The minimum atomic E-state index is -0.0636. The molecular weight excluding hydrogens is 414 g/mol. The Hall–Kier alpha value is -2.64. The van der Waals surface area contributed by atoms with Crippen molar-refractivity contribution in [2.24, 2.45) is 0 Å². The Kier molecular flexibility index (Phi) is 5.31. The molecular formula is C23H21N3O2S2. The highest BCUT2D eigenvalue weighted by atomic mass is 32.2. The molecule has 2 heterocycles. The molecule has 1 aliphatic rings. The smallest absolute Gasteiger partial charge is 0.259 e. The van der Waals surface area contributed by atoms with E-state index in [-0.39, 0.29) is 11.5 Å². The average Bonchev–Trinajstić information content (AvgIpc) is 3.13. The number of aromatic nitrogens is 2. The molecule has 30 heavy (non-hydrogen) atoms. The number of rotatable bonds is 5. The summed E-state index contributed by atoms with van der Waals surface area (Å²) in [5.74, 6) is 1.36. The number of nitrogens with zero attached hydrogens (tertiary/aromatic N) is 1. The number of hydrogen-bond donors (Lipinski definition) is 2. The number of benzene rings is 2. The van der Waals surface area contributed by atoms with E-state index in [0.29, 0.717) is 17.3 Å². The van der Waals surface area contributed by atoms with E-state index < -0.39 is 0 Å². The Bertz CT molecular complexity index is 1300. The first-order chi connectivity index (χ1) is 14.7. The first-order valence-corrected chi connectivity index (χ1v) is 12.0. The summed E-state index contributed by atoms with van der Waals surface area (Å²) >= 11 is 3.10. The Morgan fingerprint density at radius 2 is 1.97 bits per heavy atom. The third-order valence-electron chi connectivity index (χ3n) is 5.41. The lowest BCUT2D eigenvalue weighted by molar-refractivity contribution is -0.113. The monoisotopic (exact) mass is 435 g/mol. The molecule has 0 saturated heterocycles. The van der Waals surface area contributed by atoms with Gasteiger partial charge in [-0.15, -0.1) is 23.1 Å². The van der Waals surface area contributed by atoms with Gasteiger partial charge in [-0.3, -0.25) is 9.59 Å². The van der Waals surface area contributed by atoms with Crippen LogP contribution in [0.1, 0.15) is 29.1 Å². The van der Waals surface area contributed by atoms with Crippen molar-refractivity contribution in [2.75, 3.05) is 11.1 Å². The van der Waals surface area contributed by atoms with Crippen LogP contribution in [0.4, 0.5) is 5.69 Å². The van der Waals surface area contributed by atoms with E-state index in [1.807, 2.05) is 42.5 Å². The highest BCUT2D eigenvalue weighted by molar-refractivity contribution is 7.99. The molecule has 1 aliphatic carbocycles. The summed E-state index contributed by atoms with van der Waals surface area (Å²) in [5, 5.41) is 5.89. The van der Waals surface area contributed by atoms with Crippen molar-refractivity contribution in [3.05, 3.63) is 69.1 Å². The quantitative estimate of drug-likeness (QED) is 0.468. The van der Waals surface area contributed by atoms with Crippen LogP contribution in [0, 0.1) is 0 Å².